The van der Waals surface area contributed by atoms with Crippen LogP contribution in [0.15, 0.2) is 58.3 Å². The highest BCUT2D eigenvalue weighted by Gasteiger charge is 2.19. The Morgan fingerprint density at radius 1 is 0.400 bits per heavy atom. The molecule has 0 saturated heterocycles. The van der Waals surface area contributed by atoms with Gasteiger partial charge in [0.25, 0.3) is 0 Å². The molecule has 2 aromatic rings. The van der Waals surface area contributed by atoms with Gasteiger partial charge in [-0.05, 0) is 61.4 Å². The molecular weight excluding hydrogens is 508 g/mol. The zero-order valence-corrected chi connectivity index (χ0v) is 27.2. The maximum atomic E-state index is 6.01. The molecule has 2 rings (SSSR count). The number of unbranched alkanes of at least 4 members (excludes halogenated alkanes) is 18. The predicted molar refractivity (Wildman–Crippen MR) is 177 cm³/mol. The van der Waals surface area contributed by atoms with Gasteiger partial charge in [0, 0.05) is 0 Å². The van der Waals surface area contributed by atoms with Crippen molar-refractivity contribution in [1.82, 2.24) is 0 Å². The summed E-state index contributed by atoms with van der Waals surface area (Å²) in [6.45, 7) is 6.22. The lowest BCUT2D eigenvalue weighted by Gasteiger charge is -2.09. The van der Waals surface area contributed by atoms with E-state index in [0.717, 1.165) is 37.6 Å². The Kier molecular flexibility index (Phi) is 20.8. The zero-order chi connectivity index (χ0) is 28.5. The minimum atomic E-state index is 0.0450. The topological polar surface area (TPSA) is 18.5 Å². The number of hydrogen-bond donors (Lipinski definition) is 0. The molecule has 0 radical (unpaired) electrons. The van der Waals surface area contributed by atoms with Crippen LogP contribution in [0.25, 0.3) is 0 Å². The van der Waals surface area contributed by atoms with E-state index in [1.165, 1.54) is 125 Å². The second kappa shape index (κ2) is 24.0. The van der Waals surface area contributed by atoms with E-state index in [2.05, 4.69) is 68.6 Å². The Hall–Kier alpha value is -1.61. The zero-order valence-electron chi connectivity index (χ0n) is 26.4. The third kappa shape index (κ3) is 16.6. The van der Waals surface area contributed by atoms with E-state index in [1.54, 1.807) is 0 Å². The van der Waals surface area contributed by atoms with Crippen molar-refractivity contribution in [2.24, 2.45) is 0 Å². The molecular formula is C37H61O2S+. The minimum absolute atomic E-state index is 0.0450. The Balaban J connectivity index is 1.54. The molecule has 0 spiro atoms. The molecule has 0 fully saturated rings. The van der Waals surface area contributed by atoms with Crippen LogP contribution in [0.1, 0.15) is 142 Å². The number of hydrogen-bond acceptors (Lipinski definition) is 2. The molecule has 0 N–H and O–H groups in total. The van der Waals surface area contributed by atoms with Crippen molar-refractivity contribution in [3.8, 4) is 11.5 Å². The molecule has 0 heterocycles. The largest absolute Gasteiger partial charge is 0.494 e. The highest BCUT2D eigenvalue weighted by Crippen LogP contribution is 2.25. The third-order valence-electron chi connectivity index (χ3n) is 7.89. The number of rotatable bonds is 26. The molecule has 40 heavy (non-hydrogen) atoms. The monoisotopic (exact) mass is 569 g/mol. The van der Waals surface area contributed by atoms with Gasteiger partial charge in [0.1, 0.15) is 17.8 Å². The quantitative estimate of drug-likeness (QED) is 0.0828. The summed E-state index contributed by atoms with van der Waals surface area (Å²) in [5.74, 6) is 1.99. The number of benzene rings is 2. The van der Waals surface area contributed by atoms with Crippen molar-refractivity contribution in [3.05, 3.63) is 48.5 Å². The molecule has 0 aliphatic heterocycles. The maximum absolute atomic E-state index is 6.01. The van der Waals surface area contributed by atoms with Crippen LogP contribution in [0.2, 0.25) is 0 Å². The van der Waals surface area contributed by atoms with Crippen LogP contribution in [0.4, 0.5) is 0 Å². The summed E-state index contributed by atoms with van der Waals surface area (Å²) in [6.07, 6.45) is 29.4. The van der Waals surface area contributed by atoms with Crippen molar-refractivity contribution in [3.63, 3.8) is 0 Å². The molecule has 0 bridgehead atoms. The smallest absolute Gasteiger partial charge is 0.160 e. The van der Waals surface area contributed by atoms with E-state index in [0.29, 0.717) is 0 Å². The fourth-order valence-electron chi connectivity index (χ4n) is 5.18. The minimum Gasteiger partial charge on any atom is -0.494 e. The summed E-state index contributed by atoms with van der Waals surface area (Å²) in [6, 6.07) is 17.5. The van der Waals surface area contributed by atoms with Gasteiger partial charge in [-0.15, -0.1) is 0 Å². The molecule has 2 aromatic carbocycles. The van der Waals surface area contributed by atoms with Crippen LogP contribution in [0, 0.1) is 0 Å². The van der Waals surface area contributed by atoms with Crippen LogP contribution in [-0.4, -0.2) is 19.5 Å². The SMILES string of the molecule is CCCCCCCCCCCCOc1ccc([S+](C)c2ccc(OCCCCCCCCCCCC)cc2)cc1. The first kappa shape index (κ1) is 34.6. The first-order valence-electron chi connectivity index (χ1n) is 16.9. The summed E-state index contributed by atoms with van der Waals surface area (Å²) in [5, 5.41) is 0. The van der Waals surface area contributed by atoms with E-state index in [4.69, 9.17) is 9.47 Å². The lowest BCUT2D eigenvalue weighted by Crippen LogP contribution is -2.02. The van der Waals surface area contributed by atoms with Crippen LogP contribution in [-0.2, 0) is 10.9 Å². The van der Waals surface area contributed by atoms with Gasteiger partial charge in [-0.1, -0.05) is 129 Å². The lowest BCUT2D eigenvalue weighted by atomic mass is 10.1. The van der Waals surface area contributed by atoms with E-state index in [1.807, 2.05) is 0 Å². The molecule has 0 saturated carbocycles. The Morgan fingerprint density at radius 2 is 0.675 bits per heavy atom. The second-order valence-corrected chi connectivity index (χ2v) is 13.5. The van der Waals surface area contributed by atoms with Gasteiger partial charge in [-0.2, -0.15) is 0 Å². The molecule has 3 heteroatoms. The molecule has 0 unspecified atom stereocenters. The third-order valence-corrected chi connectivity index (χ3v) is 9.85. The van der Waals surface area contributed by atoms with Gasteiger partial charge in [0.15, 0.2) is 9.79 Å². The van der Waals surface area contributed by atoms with Crippen LogP contribution in [0.5, 0.6) is 11.5 Å². The first-order chi connectivity index (χ1) is 19.7. The predicted octanol–water partition coefficient (Wildman–Crippen LogP) is 12.0. The van der Waals surface area contributed by atoms with Gasteiger partial charge in [-0.3, -0.25) is 0 Å². The van der Waals surface area contributed by atoms with Crippen molar-refractivity contribution in [2.45, 2.75) is 152 Å². The van der Waals surface area contributed by atoms with Gasteiger partial charge in [0.05, 0.1) is 24.1 Å². The Labute approximate surface area is 251 Å². The number of ether oxygens (including phenoxy) is 2. The molecule has 0 aliphatic carbocycles. The molecule has 0 aliphatic rings. The van der Waals surface area contributed by atoms with Crippen LogP contribution >= 0.6 is 0 Å². The normalized spacial score (nSPS) is 11.3. The highest BCUT2D eigenvalue weighted by atomic mass is 32.2. The summed E-state index contributed by atoms with van der Waals surface area (Å²) in [7, 11) is 0.0450. The van der Waals surface area contributed by atoms with Crippen molar-refractivity contribution >= 4 is 10.9 Å². The van der Waals surface area contributed by atoms with E-state index in [9.17, 15) is 0 Å². The fraction of sp³-hybridized carbons (Fsp3) is 0.676. The van der Waals surface area contributed by atoms with E-state index < -0.39 is 0 Å². The van der Waals surface area contributed by atoms with Crippen molar-refractivity contribution in [2.75, 3.05) is 19.5 Å². The summed E-state index contributed by atoms with van der Waals surface area (Å²) >= 11 is 0. The second-order valence-electron chi connectivity index (χ2n) is 11.5. The highest BCUT2D eigenvalue weighted by molar-refractivity contribution is 7.96. The van der Waals surface area contributed by atoms with Crippen LogP contribution in [0.3, 0.4) is 0 Å². The average Bonchev–Trinajstić information content (AvgIpc) is 2.99. The summed E-state index contributed by atoms with van der Waals surface area (Å²) < 4.78 is 12.0. The Morgan fingerprint density at radius 3 is 0.975 bits per heavy atom. The molecule has 0 aromatic heterocycles. The van der Waals surface area contributed by atoms with Gasteiger partial charge in [0.2, 0.25) is 0 Å². The summed E-state index contributed by atoms with van der Waals surface area (Å²) in [4.78, 5) is 2.70. The van der Waals surface area contributed by atoms with Gasteiger partial charge >= 0.3 is 0 Å². The maximum Gasteiger partial charge on any atom is 0.160 e. The molecule has 0 atom stereocenters. The van der Waals surface area contributed by atoms with E-state index in [-0.39, 0.29) is 10.9 Å². The average molecular weight is 570 g/mol. The molecule has 226 valence electrons. The first-order valence-corrected chi connectivity index (χ1v) is 18.5. The van der Waals surface area contributed by atoms with Crippen LogP contribution < -0.4 is 9.47 Å². The molecule has 0 amide bonds. The standard InChI is InChI=1S/C37H61O2S/c1-4-6-8-10-12-14-16-18-20-22-32-38-34-24-28-36(29-25-34)40(3)37-30-26-35(27-31-37)39-33-23-21-19-17-15-13-11-9-7-5-2/h24-31H,4-23,32-33H2,1-3H3/q+1. The van der Waals surface area contributed by atoms with Crippen molar-refractivity contribution < 1.29 is 9.47 Å². The van der Waals surface area contributed by atoms with E-state index >= 15 is 0 Å². The van der Waals surface area contributed by atoms with Gasteiger partial charge in [-0.25, -0.2) is 0 Å². The molecule has 2 nitrogen and oxygen atoms in total. The van der Waals surface area contributed by atoms with Gasteiger partial charge < -0.3 is 9.47 Å². The Bertz CT molecular complexity index is 748. The lowest BCUT2D eigenvalue weighted by molar-refractivity contribution is 0.304. The summed E-state index contributed by atoms with van der Waals surface area (Å²) in [5.41, 5.74) is 0. The van der Waals surface area contributed by atoms with Crippen molar-refractivity contribution in [1.29, 1.82) is 0 Å². The fourth-order valence-corrected chi connectivity index (χ4v) is 6.54.